The molecule has 0 unspecified atom stereocenters. The van der Waals surface area contributed by atoms with Gasteiger partial charge in [-0.05, 0) is 24.1 Å². The number of fused-ring (bicyclic) bond motifs is 2. The number of hydrogen-bond acceptors (Lipinski definition) is 5. The number of azo groups is 1. The number of benzene rings is 2. The van der Waals surface area contributed by atoms with E-state index < -0.39 is 11.5 Å². The van der Waals surface area contributed by atoms with Gasteiger partial charge in [-0.25, -0.2) is 4.79 Å². The van der Waals surface area contributed by atoms with Crippen molar-refractivity contribution in [3.63, 3.8) is 0 Å². The van der Waals surface area contributed by atoms with Gasteiger partial charge in [-0.3, -0.25) is 4.79 Å². The number of nitrogens with one attached hydrogen (secondary N) is 1. The molecule has 28 heavy (non-hydrogen) atoms. The zero-order valence-electron chi connectivity index (χ0n) is 14.7. The van der Waals surface area contributed by atoms with E-state index in [0.29, 0.717) is 28.3 Å². The highest BCUT2D eigenvalue weighted by atomic mass is 16.4. The minimum atomic E-state index is -0.852. The third-order valence-corrected chi connectivity index (χ3v) is 4.34. The molecule has 7 heteroatoms. The Balaban J connectivity index is 1.73. The summed E-state index contributed by atoms with van der Waals surface area (Å²) in [5.41, 5.74) is 0.968. The van der Waals surface area contributed by atoms with E-state index in [1.165, 1.54) is 6.07 Å². The molecule has 0 saturated carbocycles. The lowest BCUT2D eigenvalue weighted by atomic mass is 10.1. The molecule has 1 amide bonds. The molecule has 0 saturated heterocycles. The first kappa shape index (κ1) is 17.4. The second-order valence-corrected chi connectivity index (χ2v) is 6.15. The smallest absolute Gasteiger partial charge is 0.349 e. The summed E-state index contributed by atoms with van der Waals surface area (Å²) in [6, 6.07) is 13.9. The van der Waals surface area contributed by atoms with Crippen LogP contribution in [0.15, 0.2) is 80.6 Å². The molecule has 2 N–H and O–H groups in total. The minimum absolute atomic E-state index is 0.127. The van der Waals surface area contributed by atoms with Crippen molar-refractivity contribution in [2.75, 3.05) is 0 Å². The monoisotopic (exact) mass is 373 g/mol. The van der Waals surface area contributed by atoms with E-state index in [2.05, 4.69) is 21.8 Å². The van der Waals surface area contributed by atoms with Gasteiger partial charge in [-0.2, -0.15) is 0 Å². The van der Waals surface area contributed by atoms with Gasteiger partial charge < -0.3 is 14.5 Å². The van der Waals surface area contributed by atoms with Crippen molar-refractivity contribution in [2.24, 2.45) is 10.2 Å². The number of rotatable bonds is 4. The molecular formula is C21H15N3O4. The highest BCUT2D eigenvalue weighted by molar-refractivity contribution is 5.98. The highest BCUT2D eigenvalue weighted by Gasteiger charge is 2.16. The third kappa shape index (κ3) is 2.99. The molecule has 0 fully saturated rings. The van der Waals surface area contributed by atoms with Crippen LogP contribution in [0.25, 0.3) is 21.9 Å². The van der Waals surface area contributed by atoms with Crippen LogP contribution in [0.5, 0.6) is 5.88 Å². The van der Waals surface area contributed by atoms with Gasteiger partial charge >= 0.3 is 11.5 Å². The van der Waals surface area contributed by atoms with Gasteiger partial charge in [-0.1, -0.05) is 42.5 Å². The van der Waals surface area contributed by atoms with Crippen LogP contribution in [0.2, 0.25) is 0 Å². The van der Waals surface area contributed by atoms with Crippen molar-refractivity contribution in [1.82, 2.24) is 4.98 Å². The maximum atomic E-state index is 12.4. The number of nitrogens with zero attached hydrogens (tertiary/aromatic N) is 2. The van der Waals surface area contributed by atoms with Crippen LogP contribution < -0.4 is 5.63 Å². The fourth-order valence-electron chi connectivity index (χ4n) is 3.03. The maximum absolute atomic E-state index is 12.4. The number of carbonyl (C=O) groups excluding carboxylic acids is 1. The first-order chi connectivity index (χ1) is 13.6. The molecule has 0 aliphatic heterocycles. The molecule has 4 aromatic rings. The Hall–Kier alpha value is -4.00. The van der Waals surface area contributed by atoms with Crippen LogP contribution in [0.3, 0.4) is 0 Å². The number of H-pyrrole nitrogens is 1. The molecule has 2 aromatic carbocycles. The molecule has 0 spiro atoms. The fourth-order valence-corrected chi connectivity index (χ4v) is 3.03. The Morgan fingerprint density at radius 1 is 1.21 bits per heavy atom. The number of hydrogen-bond donors (Lipinski definition) is 2. The van der Waals surface area contributed by atoms with Crippen LogP contribution in [-0.2, 0) is 6.42 Å². The van der Waals surface area contributed by atoms with Crippen molar-refractivity contribution < 1.29 is 14.3 Å². The van der Waals surface area contributed by atoms with Crippen molar-refractivity contribution in [3.8, 4) is 5.88 Å². The molecule has 4 rings (SSSR count). The second-order valence-electron chi connectivity index (χ2n) is 6.15. The van der Waals surface area contributed by atoms with Crippen molar-refractivity contribution >= 4 is 33.5 Å². The van der Waals surface area contributed by atoms with Gasteiger partial charge in [0.05, 0.1) is 5.52 Å². The molecular weight excluding hydrogens is 358 g/mol. The SMILES string of the molecule is C=CCc1cccc2cc(C(=O)N=Nc3c(O)[nH]c4ccccc34)c(=O)oc12. The van der Waals surface area contributed by atoms with Gasteiger partial charge in [0.15, 0.2) is 5.69 Å². The lowest BCUT2D eigenvalue weighted by molar-refractivity contribution is 0.0991. The number of amides is 1. The molecule has 0 aliphatic carbocycles. The average Bonchev–Trinajstić information content (AvgIpc) is 3.01. The van der Waals surface area contributed by atoms with Gasteiger partial charge in [0.25, 0.3) is 0 Å². The van der Waals surface area contributed by atoms with Crippen LogP contribution in [0.4, 0.5) is 5.69 Å². The molecule has 2 heterocycles. The number of aromatic nitrogens is 1. The Morgan fingerprint density at radius 2 is 2.04 bits per heavy atom. The topological polar surface area (TPSA) is 108 Å². The van der Waals surface area contributed by atoms with Crippen LogP contribution in [0, 0.1) is 0 Å². The lowest BCUT2D eigenvalue weighted by Crippen LogP contribution is -2.12. The van der Waals surface area contributed by atoms with Crippen LogP contribution in [-0.4, -0.2) is 16.0 Å². The molecule has 2 aromatic heterocycles. The number of allylic oxidation sites excluding steroid dienone is 1. The predicted octanol–water partition coefficient (Wildman–Crippen LogP) is 4.63. The molecule has 0 radical (unpaired) electrons. The first-order valence-corrected chi connectivity index (χ1v) is 8.51. The molecule has 0 bridgehead atoms. The van der Waals surface area contributed by atoms with Gasteiger partial charge in [0.1, 0.15) is 11.1 Å². The van der Waals surface area contributed by atoms with E-state index >= 15 is 0 Å². The van der Waals surface area contributed by atoms with E-state index in [1.807, 2.05) is 6.07 Å². The molecule has 7 nitrogen and oxygen atoms in total. The zero-order valence-corrected chi connectivity index (χ0v) is 14.7. The Bertz CT molecular complexity index is 1310. The standard InChI is InChI=1S/C21H15N3O4/c1-2-6-12-7-5-8-13-11-15(21(27)28-18(12)13)19(25)24-23-17-14-9-3-4-10-16(14)22-20(17)26/h2-5,7-11,22,26H,1,6H2. The summed E-state index contributed by atoms with van der Waals surface area (Å²) in [6.45, 7) is 3.68. The average molecular weight is 373 g/mol. The van der Waals surface area contributed by atoms with Crippen LogP contribution in [0.1, 0.15) is 15.9 Å². The highest BCUT2D eigenvalue weighted by Crippen LogP contribution is 2.35. The number of para-hydroxylation sites is 2. The van der Waals surface area contributed by atoms with E-state index in [4.69, 9.17) is 4.42 Å². The largest absolute Gasteiger partial charge is 0.493 e. The number of carbonyl (C=O) groups is 1. The van der Waals surface area contributed by atoms with Gasteiger partial charge in [0.2, 0.25) is 5.88 Å². The number of aromatic amines is 1. The maximum Gasteiger partial charge on any atom is 0.349 e. The quantitative estimate of drug-likeness (QED) is 0.309. The zero-order chi connectivity index (χ0) is 19.7. The third-order valence-electron chi connectivity index (χ3n) is 4.34. The van der Waals surface area contributed by atoms with E-state index in [0.717, 1.165) is 5.56 Å². The predicted molar refractivity (Wildman–Crippen MR) is 105 cm³/mol. The second kappa shape index (κ2) is 6.96. The summed E-state index contributed by atoms with van der Waals surface area (Å²) >= 11 is 0. The lowest BCUT2D eigenvalue weighted by Gasteiger charge is -2.03. The van der Waals surface area contributed by atoms with Crippen LogP contribution >= 0.6 is 0 Å². The summed E-state index contributed by atoms with van der Waals surface area (Å²) in [5.74, 6) is -1.06. The normalized spacial score (nSPS) is 11.4. The van der Waals surface area contributed by atoms with Crippen molar-refractivity contribution in [1.29, 1.82) is 0 Å². The van der Waals surface area contributed by atoms with Gasteiger partial charge in [-0.15, -0.1) is 16.8 Å². The Kier molecular flexibility index (Phi) is 4.33. The Morgan fingerprint density at radius 3 is 2.86 bits per heavy atom. The first-order valence-electron chi connectivity index (χ1n) is 8.51. The summed E-state index contributed by atoms with van der Waals surface area (Å²) < 4.78 is 5.35. The summed E-state index contributed by atoms with van der Waals surface area (Å²) in [5, 5.41) is 18.6. The van der Waals surface area contributed by atoms with E-state index in [-0.39, 0.29) is 17.1 Å². The van der Waals surface area contributed by atoms with Crippen molar-refractivity contribution in [2.45, 2.75) is 6.42 Å². The summed E-state index contributed by atoms with van der Waals surface area (Å²) in [7, 11) is 0. The number of aromatic hydroxyl groups is 1. The fraction of sp³-hybridized carbons (Fsp3) is 0.0476. The van der Waals surface area contributed by atoms with E-state index in [1.54, 1.807) is 42.5 Å². The Labute approximate surface area is 158 Å². The summed E-state index contributed by atoms with van der Waals surface area (Å²) in [6.07, 6.45) is 2.24. The minimum Gasteiger partial charge on any atom is -0.493 e. The van der Waals surface area contributed by atoms with Crippen molar-refractivity contribution in [3.05, 3.63) is 82.7 Å². The summed E-state index contributed by atoms with van der Waals surface area (Å²) in [4.78, 5) is 27.5. The van der Waals surface area contributed by atoms with E-state index in [9.17, 15) is 14.7 Å². The molecule has 0 atom stereocenters. The molecule has 0 aliphatic rings. The van der Waals surface area contributed by atoms with Gasteiger partial charge in [0, 0.05) is 10.8 Å². The molecule has 138 valence electrons.